The molecule has 11 N–H and O–H groups in total. The predicted molar refractivity (Wildman–Crippen MR) is 262 cm³/mol. The number of hydrazone groups is 2. The van der Waals surface area contributed by atoms with Gasteiger partial charge in [-0.3, -0.25) is 20.4 Å². The van der Waals surface area contributed by atoms with Crippen LogP contribution in [0.5, 0.6) is 0 Å². The summed E-state index contributed by atoms with van der Waals surface area (Å²) < 4.78 is 111. The van der Waals surface area contributed by atoms with E-state index in [0.717, 1.165) is 24.3 Å². The van der Waals surface area contributed by atoms with E-state index in [0.29, 0.717) is 17.1 Å². The van der Waals surface area contributed by atoms with Crippen molar-refractivity contribution in [3.05, 3.63) is 147 Å². The summed E-state index contributed by atoms with van der Waals surface area (Å²) in [6.07, 6.45) is 1.92. The van der Waals surface area contributed by atoms with Gasteiger partial charge in [0.15, 0.2) is 0 Å². The number of carbonyl (C=O) groups excluding carboxylic acids is 2. The molecule has 74 heavy (non-hydrogen) atoms. The van der Waals surface area contributed by atoms with Gasteiger partial charge in [-0.1, -0.05) is 12.1 Å². The van der Waals surface area contributed by atoms with Crippen LogP contribution in [0.2, 0.25) is 0 Å². The number of benzene rings is 6. The van der Waals surface area contributed by atoms with E-state index in [-0.39, 0.29) is 130 Å². The normalized spacial score (nSPS) is 14.5. The summed E-state index contributed by atoms with van der Waals surface area (Å²) in [5.41, 5.74) is 28.6. The van der Waals surface area contributed by atoms with Crippen LogP contribution in [0, 0.1) is 0 Å². The number of anilines is 8. The quantitative estimate of drug-likeness (QED) is 0.0209. The van der Waals surface area contributed by atoms with Crippen molar-refractivity contribution in [1.82, 2.24) is 0 Å². The van der Waals surface area contributed by atoms with Crippen molar-refractivity contribution < 1.29 is 105 Å². The molecule has 0 aromatic heterocycles. The number of hydrogen-bond acceptors (Lipinski definition) is 24. The van der Waals surface area contributed by atoms with Crippen LogP contribution < -0.4 is 95.7 Å². The van der Waals surface area contributed by atoms with Gasteiger partial charge in [0, 0.05) is 28.2 Å². The van der Waals surface area contributed by atoms with Crippen molar-refractivity contribution in [3.8, 4) is 0 Å². The minimum Gasteiger partial charge on any atom is -0.744 e. The van der Waals surface area contributed by atoms with E-state index in [1.54, 1.807) is 12.1 Å². The number of Topliss-reactive ketones (excluding diaryl/α,β-unsaturated/α-hetero) is 2. The minimum atomic E-state index is -5.32. The molecule has 0 atom stereocenters. The zero-order valence-electron chi connectivity index (χ0n) is 38.8. The van der Waals surface area contributed by atoms with Gasteiger partial charge in [0.2, 0.25) is 11.6 Å². The number of rotatable bonds is 13. The molecule has 0 saturated heterocycles. The molecule has 30 heteroatoms. The van der Waals surface area contributed by atoms with Crippen LogP contribution in [0.1, 0.15) is 31.8 Å². The molecule has 0 aliphatic heterocycles. The number of nitrogens with zero attached hydrogens (tertiary/aromatic N) is 6. The summed E-state index contributed by atoms with van der Waals surface area (Å²) in [5.74, 6) is -1.95. The van der Waals surface area contributed by atoms with E-state index in [1.165, 1.54) is 91.0 Å². The molecule has 6 aromatic carbocycles. The molecule has 0 bridgehead atoms. The van der Waals surface area contributed by atoms with E-state index < -0.39 is 68.0 Å². The molecule has 0 spiro atoms. The molecule has 24 nitrogen and oxygen atoms in total. The molecule has 6 aromatic rings. The van der Waals surface area contributed by atoms with Gasteiger partial charge in [0.05, 0.1) is 54.5 Å². The Labute approximate surface area is 457 Å². The fraction of sp³-hybridized carbons (Fsp3) is 0. The molecular formula is C44H32Li3N13O11S3. The number of nitrogens with two attached hydrogens (primary N) is 4. The fourth-order valence-corrected chi connectivity index (χ4v) is 8.78. The maximum absolute atomic E-state index is 13.7. The Bertz CT molecular complexity index is 3820. The zero-order chi connectivity index (χ0) is 51.0. The Hall–Kier alpha value is -7.20. The van der Waals surface area contributed by atoms with Crippen molar-refractivity contribution >= 4 is 134 Å². The third kappa shape index (κ3) is 13.1. The van der Waals surface area contributed by atoms with Crippen molar-refractivity contribution in [2.24, 2.45) is 30.7 Å². The largest absolute Gasteiger partial charge is 1.00 e. The van der Waals surface area contributed by atoms with Gasteiger partial charge < -0.3 is 41.9 Å². The Balaban J connectivity index is 0.00000338. The molecule has 0 fully saturated rings. The molecular weight excluding hydrogens is 1000 g/mol. The fourth-order valence-electron chi connectivity index (χ4n) is 6.83. The average Bonchev–Trinajstić information content (AvgIpc) is 3.30. The van der Waals surface area contributed by atoms with Gasteiger partial charge >= 0.3 is 56.6 Å². The van der Waals surface area contributed by atoms with Crippen molar-refractivity contribution in [2.75, 3.05) is 39.1 Å². The Morgan fingerprint density at radius 1 is 0.446 bits per heavy atom. The van der Waals surface area contributed by atoms with Gasteiger partial charge in [0.1, 0.15) is 53.2 Å². The van der Waals surface area contributed by atoms with E-state index in [9.17, 15) is 48.5 Å². The third-order valence-corrected chi connectivity index (χ3v) is 12.8. The number of azo groups is 2. The Kier molecular flexibility index (Phi) is 17.9. The number of fused-ring (bicyclic) bond motifs is 2. The van der Waals surface area contributed by atoms with Crippen LogP contribution in [-0.4, -0.2) is 61.9 Å². The van der Waals surface area contributed by atoms with Crippen LogP contribution >= 0.6 is 0 Å². The van der Waals surface area contributed by atoms with E-state index in [2.05, 4.69) is 46.8 Å². The summed E-state index contributed by atoms with van der Waals surface area (Å²) in [6, 6.07) is 26.0. The number of carbonyl (C=O) groups is 2. The van der Waals surface area contributed by atoms with Gasteiger partial charge in [0.25, 0.3) is 0 Å². The third-order valence-electron chi connectivity index (χ3n) is 10.2. The maximum Gasteiger partial charge on any atom is 1.00 e. The first-order valence-electron chi connectivity index (χ1n) is 20.0. The maximum atomic E-state index is 13.7. The number of nitrogen functional groups attached to an aromatic ring is 4. The minimum absolute atomic E-state index is 0. The monoisotopic (exact) mass is 1040 g/mol. The van der Waals surface area contributed by atoms with Crippen LogP contribution in [-0.2, 0) is 30.4 Å². The van der Waals surface area contributed by atoms with Crippen molar-refractivity contribution in [1.29, 1.82) is 0 Å². The van der Waals surface area contributed by atoms with Gasteiger partial charge in [-0.25, -0.2) is 25.3 Å². The van der Waals surface area contributed by atoms with E-state index in [1.807, 2.05) is 0 Å². The number of hydrogen-bond donors (Lipinski definition) is 7. The van der Waals surface area contributed by atoms with E-state index in [4.69, 9.17) is 22.9 Å². The molecule has 2 aliphatic rings. The standard InChI is InChI=1S/C44H35N13O11S3.3Li/c45-24-3-12-35(33(47)17-24)54-51-28-5-1-22-15-39(70(63,64)65)41(43(58)31(22)19-28)56-50-27-9-7-26(8-10-27)49-37-14-11-30(21-38(37)69(60,61)62)53-57-42-40(71(66,67)68)16-23-2-6-29(20-32(23)44(42)59)52-55-36-13-4-25(46)18-34(36)48;;;/h1-21,49-50,53H,45-48H2,(H,60,61,62)(H,63,64,65)(H,66,67,68);;;/q;3*+1/p-3/b54-51?,55-52?,56-41-,57-42-;;;. The number of nitrogens with one attached hydrogen (secondary N) is 3. The summed E-state index contributed by atoms with van der Waals surface area (Å²) in [7, 11) is -15.8. The first-order valence-corrected chi connectivity index (χ1v) is 24.3. The first kappa shape index (κ1) is 57.7. The zero-order valence-corrected chi connectivity index (χ0v) is 41.3. The van der Waals surface area contributed by atoms with Crippen LogP contribution in [0.3, 0.4) is 0 Å². The SMILES string of the molecule is Nc1ccc(N=Nc2ccc3c(c2)C(=O)/C(=N\Nc2ccc(Nc4ccc(N/N=C5\C(=O)c6cc(N=Nc7ccc(N)cc7N)ccc6C=C5S(=O)(=O)[O-])cc4S(=O)(=O)[O-])cc2)C(S(=O)(=O)[O-])=C3)c(N)c1.[Li+].[Li+].[Li+]. The van der Waals surface area contributed by atoms with Crippen LogP contribution in [0.4, 0.5) is 68.2 Å². The summed E-state index contributed by atoms with van der Waals surface area (Å²) in [5, 5.41) is 26.9. The summed E-state index contributed by atoms with van der Waals surface area (Å²) in [6.45, 7) is 0. The molecule has 0 heterocycles. The molecule has 8 rings (SSSR count). The Morgan fingerprint density at radius 2 is 0.865 bits per heavy atom. The number of allylic oxidation sites excluding steroid dienone is 2. The average molecular weight is 1040 g/mol. The Morgan fingerprint density at radius 3 is 1.28 bits per heavy atom. The molecule has 2 aliphatic carbocycles. The smallest absolute Gasteiger partial charge is 0.744 e. The summed E-state index contributed by atoms with van der Waals surface area (Å²) >= 11 is 0. The molecule has 0 unspecified atom stereocenters. The van der Waals surface area contributed by atoms with Gasteiger partial charge in [-0.15, -0.1) is 10.2 Å². The van der Waals surface area contributed by atoms with Crippen LogP contribution in [0.15, 0.2) is 161 Å². The van der Waals surface area contributed by atoms with Gasteiger partial charge in [-0.05, 0) is 126 Å². The molecule has 0 radical (unpaired) electrons. The number of ketones is 2. The second-order valence-electron chi connectivity index (χ2n) is 15.2. The van der Waals surface area contributed by atoms with Crippen molar-refractivity contribution in [2.45, 2.75) is 4.90 Å². The second-order valence-corrected chi connectivity index (χ2v) is 19.2. The van der Waals surface area contributed by atoms with E-state index >= 15 is 0 Å². The van der Waals surface area contributed by atoms with Crippen LogP contribution in [0.25, 0.3) is 12.2 Å². The predicted octanol–water partition coefficient (Wildman–Crippen LogP) is -2.39. The molecule has 0 amide bonds. The molecule has 360 valence electrons. The topological polar surface area (TPSA) is 420 Å². The van der Waals surface area contributed by atoms with Gasteiger partial charge in [-0.2, -0.15) is 20.4 Å². The molecule has 0 saturated carbocycles. The summed E-state index contributed by atoms with van der Waals surface area (Å²) in [4.78, 5) is 24.6. The van der Waals surface area contributed by atoms with Crippen molar-refractivity contribution in [3.63, 3.8) is 0 Å². The first-order chi connectivity index (χ1) is 33.5. The second kappa shape index (κ2) is 22.9.